The molecule has 1 atom stereocenters. The lowest BCUT2D eigenvalue weighted by atomic mass is 10.1. The van der Waals surface area contributed by atoms with E-state index in [0.717, 1.165) is 5.56 Å². The lowest BCUT2D eigenvalue weighted by molar-refractivity contribution is 0.297. The van der Waals surface area contributed by atoms with Gasteiger partial charge in [0.15, 0.2) is 11.5 Å². The van der Waals surface area contributed by atoms with Gasteiger partial charge in [-0.3, -0.25) is 0 Å². The maximum Gasteiger partial charge on any atom is 0.240 e. The van der Waals surface area contributed by atoms with Crippen molar-refractivity contribution in [1.82, 2.24) is 9.62 Å². The molecule has 0 saturated carbocycles. The maximum absolute atomic E-state index is 12.7. The molecule has 0 aliphatic rings. The SMILES string of the molecule is CCOc1ccc(S(=O)(=O)NCC(c2ccc(OC)c(OC)c2)N(C)C)cc1.Cl. The van der Waals surface area contributed by atoms with Crippen LogP contribution in [0.5, 0.6) is 17.2 Å². The van der Waals surface area contributed by atoms with Gasteiger partial charge in [-0.25, -0.2) is 13.1 Å². The molecule has 7 nitrogen and oxygen atoms in total. The van der Waals surface area contributed by atoms with Gasteiger partial charge in [0.05, 0.1) is 25.7 Å². The minimum Gasteiger partial charge on any atom is -0.494 e. The first-order chi connectivity index (χ1) is 13.3. The molecule has 0 bridgehead atoms. The van der Waals surface area contributed by atoms with Gasteiger partial charge in [0.1, 0.15) is 5.75 Å². The van der Waals surface area contributed by atoms with Gasteiger partial charge in [-0.15, -0.1) is 12.4 Å². The number of nitrogens with zero attached hydrogens (tertiary/aromatic N) is 1. The van der Waals surface area contributed by atoms with Crippen LogP contribution in [0.2, 0.25) is 0 Å². The summed E-state index contributed by atoms with van der Waals surface area (Å²) in [5.41, 5.74) is 0.914. The summed E-state index contributed by atoms with van der Waals surface area (Å²) in [5, 5.41) is 0. The highest BCUT2D eigenvalue weighted by atomic mass is 35.5. The van der Waals surface area contributed by atoms with Gasteiger partial charge >= 0.3 is 0 Å². The van der Waals surface area contributed by atoms with Gasteiger partial charge in [0.25, 0.3) is 0 Å². The molecule has 0 amide bonds. The Kier molecular flexibility index (Phi) is 9.72. The van der Waals surface area contributed by atoms with Crippen molar-refractivity contribution in [3.63, 3.8) is 0 Å². The Labute approximate surface area is 179 Å². The minimum atomic E-state index is -3.65. The number of nitrogens with one attached hydrogen (secondary N) is 1. The first-order valence-corrected chi connectivity index (χ1v) is 10.4. The summed E-state index contributed by atoms with van der Waals surface area (Å²) in [6.45, 7) is 2.61. The van der Waals surface area contributed by atoms with E-state index in [4.69, 9.17) is 14.2 Å². The van der Waals surface area contributed by atoms with Crippen LogP contribution in [0, 0.1) is 0 Å². The van der Waals surface area contributed by atoms with E-state index < -0.39 is 10.0 Å². The summed E-state index contributed by atoms with van der Waals surface area (Å²) in [5.74, 6) is 1.86. The number of methoxy groups -OCH3 is 2. The minimum absolute atomic E-state index is 0. The van der Waals surface area contributed by atoms with Crippen molar-refractivity contribution >= 4 is 22.4 Å². The van der Waals surface area contributed by atoms with Crippen LogP contribution in [0.1, 0.15) is 18.5 Å². The van der Waals surface area contributed by atoms with E-state index in [9.17, 15) is 8.42 Å². The van der Waals surface area contributed by atoms with Crippen LogP contribution in [-0.2, 0) is 10.0 Å². The monoisotopic (exact) mass is 444 g/mol. The van der Waals surface area contributed by atoms with Gasteiger partial charge < -0.3 is 19.1 Å². The molecule has 0 aliphatic carbocycles. The predicted molar refractivity (Wildman–Crippen MR) is 116 cm³/mol. The van der Waals surface area contributed by atoms with Gasteiger partial charge in [-0.2, -0.15) is 0 Å². The lowest BCUT2D eigenvalue weighted by Gasteiger charge is -2.25. The average molecular weight is 445 g/mol. The van der Waals surface area contributed by atoms with Crippen LogP contribution in [0.15, 0.2) is 47.4 Å². The van der Waals surface area contributed by atoms with Crippen molar-refractivity contribution < 1.29 is 22.6 Å². The summed E-state index contributed by atoms with van der Waals surface area (Å²) >= 11 is 0. The Morgan fingerprint density at radius 2 is 1.62 bits per heavy atom. The highest BCUT2D eigenvalue weighted by Gasteiger charge is 2.21. The van der Waals surface area contributed by atoms with Crippen LogP contribution < -0.4 is 18.9 Å². The van der Waals surface area contributed by atoms with Crippen LogP contribution in [0.3, 0.4) is 0 Å². The number of rotatable bonds is 10. The molecule has 2 aromatic carbocycles. The van der Waals surface area contributed by atoms with Gasteiger partial charge in [0.2, 0.25) is 10.0 Å². The van der Waals surface area contributed by atoms with Crippen molar-refractivity contribution in [3.8, 4) is 17.2 Å². The molecule has 0 radical (unpaired) electrons. The molecule has 0 spiro atoms. The number of likely N-dealkylation sites (N-methyl/N-ethyl adjacent to an activating group) is 1. The van der Waals surface area contributed by atoms with E-state index in [1.807, 2.05) is 44.1 Å². The lowest BCUT2D eigenvalue weighted by Crippen LogP contribution is -2.34. The second-order valence-electron chi connectivity index (χ2n) is 6.35. The van der Waals surface area contributed by atoms with Crippen LogP contribution in [0.4, 0.5) is 0 Å². The normalized spacial score (nSPS) is 12.2. The molecule has 162 valence electrons. The van der Waals surface area contributed by atoms with Crippen LogP contribution in [0.25, 0.3) is 0 Å². The molecule has 0 fully saturated rings. The summed E-state index contributed by atoms with van der Waals surface area (Å²) in [4.78, 5) is 2.14. The van der Waals surface area contributed by atoms with E-state index >= 15 is 0 Å². The molecule has 0 aliphatic heterocycles. The van der Waals surface area contributed by atoms with E-state index in [1.165, 1.54) is 12.1 Å². The van der Waals surface area contributed by atoms with Crippen molar-refractivity contribution in [3.05, 3.63) is 48.0 Å². The molecule has 1 N–H and O–H groups in total. The third kappa shape index (κ3) is 6.50. The molecule has 1 unspecified atom stereocenters. The van der Waals surface area contributed by atoms with Crippen LogP contribution in [-0.4, -0.2) is 54.8 Å². The third-order valence-electron chi connectivity index (χ3n) is 4.33. The standard InChI is InChI=1S/C20H28N2O5S.ClH/c1-6-27-16-8-10-17(11-9-16)28(23,24)21-14-18(22(2)3)15-7-12-19(25-4)20(13-15)26-5;/h7-13,18,21H,6,14H2,1-5H3;1H. The second-order valence-corrected chi connectivity index (χ2v) is 8.12. The number of sulfonamides is 1. The average Bonchev–Trinajstić information content (AvgIpc) is 2.68. The zero-order valence-electron chi connectivity index (χ0n) is 17.3. The van der Waals surface area contributed by atoms with Crippen LogP contribution >= 0.6 is 12.4 Å². The zero-order valence-corrected chi connectivity index (χ0v) is 19.0. The van der Waals surface area contributed by atoms with E-state index in [0.29, 0.717) is 23.9 Å². The number of halogens is 1. The molecule has 2 rings (SSSR count). The first kappa shape index (κ1) is 25.0. The first-order valence-electron chi connectivity index (χ1n) is 8.93. The highest BCUT2D eigenvalue weighted by molar-refractivity contribution is 7.89. The number of hydrogen-bond acceptors (Lipinski definition) is 6. The summed E-state index contributed by atoms with van der Waals surface area (Å²) in [6.07, 6.45) is 0. The molecule has 2 aromatic rings. The molecule has 0 aromatic heterocycles. The smallest absolute Gasteiger partial charge is 0.240 e. The third-order valence-corrected chi connectivity index (χ3v) is 5.77. The molecule has 0 saturated heterocycles. The van der Waals surface area contributed by atoms with Gasteiger partial charge in [-0.05, 0) is 63.0 Å². The second kappa shape index (κ2) is 11.3. The fourth-order valence-electron chi connectivity index (χ4n) is 2.81. The van der Waals surface area contributed by atoms with E-state index in [2.05, 4.69) is 4.72 Å². The summed E-state index contributed by atoms with van der Waals surface area (Å²) in [7, 11) is 3.29. The van der Waals surface area contributed by atoms with Gasteiger partial charge in [-0.1, -0.05) is 6.07 Å². The Morgan fingerprint density at radius 1 is 1.00 bits per heavy atom. The van der Waals surface area contributed by atoms with Crippen molar-refractivity contribution in [2.75, 3.05) is 41.5 Å². The topological polar surface area (TPSA) is 77.1 Å². The highest BCUT2D eigenvalue weighted by Crippen LogP contribution is 2.31. The number of benzene rings is 2. The molecule has 0 heterocycles. The quantitative estimate of drug-likeness (QED) is 0.606. The largest absolute Gasteiger partial charge is 0.494 e. The molecule has 9 heteroatoms. The van der Waals surface area contributed by atoms with Crippen molar-refractivity contribution in [1.29, 1.82) is 0 Å². The Hall–Kier alpha value is -2.00. The Morgan fingerprint density at radius 3 is 2.14 bits per heavy atom. The van der Waals surface area contributed by atoms with Crippen molar-refractivity contribution in [2.45, 2.75) is 17.9 Å². The van der Waals surface area contributed by atoms with Gasteiger partial charge in [0, 0.05) is 12.6 Å². The number of ether oxygens (including phenoxy) is 3. The predicted octanol–water partition coefficient (Wildman–Crippen LogP) is 3.11. The maximum atomic E-state index is 12.7. The van der Waals surface area contributed by atoms with E-state index in [-0.39, 0.29) is 29.9 Å². The summed E-state index contributed by atoms with van der Waals surface area (Å²) < 4.78 is 44.0. The Balaban J connectivity index is 0.00000420. The summed E-state index contributed by atoms with van der Waals surface area (Å²) in [6, 6.07) is 11.8. The fraction of sp³-hybridized carbons (Fsp3) is 0.400. The van der Waals surface area contributed by atoms with E-state index in [1.54, 1.807) is 26.4 Å². The molecule has 29 heavy (non-hydrogen) atoms. The fourth-order valence-corrected chi connectivity index (χ4v) is 3.85. The number of hydrogen-bond donors (Lipinski definition) is 1. The molecular weight excluding hydrogens is 416 g/mol. The Bertz CT molecular complexity index is 873. The zero-order chi connectivity index (χ0) is 20.7. The molecular formula is C20H29ClN2O5S. The van der Waals surface area contributed by atoms with Crippen molar-refractivity contribution in [2.24, 2.45) is 0 Å².